The molecule has 0 saturated carbocycles. The van der Waals surface area contributed by atoms with E-state index >= 15 is 0 Å². The highest BCUT2D eigenvalue weighted by molar-refractivity contribution is 9.10. The van der Waals surface area contributed by atoms with Crippen LogP contribution in [-0.4, -0.2) is 20.4 Å². The minimum absolute atomic E-state index is 0.0805. The SMILES string of the molecule is CCCC(CC)NC(=O)c1cc(S(=O)(=O)Cl)cc(Br)c1C. The van der Waals surface area contributed by atoms with Gasteiger partial charge in [0.1, 0.15) is 0 Å². The molecule has 1 aromatic rings. The number of halogens is 2. The lowest BCUT2D eigenvalue weighted by molar-refractivity contribution is 0.0933. The molecule has 1 N–H and O–H groups in total. The zero-order chi connectivity index (χ0) is 16.2. The van der Waals surface area contributed by atoms with Crippen LogP contribution in [0.4, 0.5) is 0 Å². The van der Waals surface area contributed by atoms with Crippen LogP contribution in [0.15, 0.2) is 21.5 Å². The van der Waals surface area contributed by atoms with Gasteiger partial charge in [0.25, 0.3) is 15.0 Å². The largest absolute Gasteiger partial charge is 0.349 e. The van der Waals surface area contributed by atoms with Crippen molar-refractivity contribution in [1.82, 2.24) is 5.32 Å². The summed E-state index contributed by atoms with van der Waals surface area (Å²) < 4.78 is 23.5. The van der Waals surface area contributed by atoms with Gasteiger partial charge in [-0.05, 0) is 37.5 Å². The predicted molar refractivity (Wildman–Crippen MR) is 88.4 cm³/mol. The standard InChI is InChI=1S/C14H19BrClNO3S/c1-4-6-10(5-2)17-14(18)12-7-11(21(16,19)20)8-13(15)9(12)3/h7-8,10H,4-6H2,1-3H3,(H,17,18). The number of nitrogens with one attached hydrogen (secondary N) is 1. The summed E-state index contributed by atoms with van der Waals surface area (Å²) in [5.74, 6) is -0.282. The fourth-order valence-electron chi connectivity index (χ4n) is 2.02. The van der Waals surface area contributed by atoms with Crippen LogP contribution in [0.25, 0.3) is 0 Å². The van der Waals surface area contributed by atoms with Gasteiger partial charge in [-0.3, -0.25) is 4.79 Å². The van der Waals surface area contributed by atoms with Crippen molar-refractivity contribution in [3.8, 4) is 0 Å². The van der Waals surface area contributed by atoms with Crippen molar-refractivity contribution in [2.45, 2.75) is 51.0 Å². The van der Waals surface area contributed by atoms with Gasteiger partial charge >= 0.3 is 0 Å². The van der Waals surface area contributed by atoms with E-state index in [9.17, 15) is 13.2 Å². The average Bonchev–Trinajstić information content (AvgIpc) is 2.39. The van der Waals surface area contributed by atoms with E-state index < -0.39 is 9.05 Å². The molecule has 4 nitrogen and oxygen atoms in total. The van der Waals surface area contributed by atoms with Gasteiger partial charge in [-0.1, -0.05) is 36.2 Å². The molecule has 0 aromatic heterocycles. The zero-order valence-electron chi connectivity index (χ0n) is 12.2. The lowest BCUT2D eigenvalue weighted by atomic mass is 10.1. The number of carbonyl (C=O) groups excluding carboxylic acids is 1. The fraction of sp³-hybridized carbons (Fsp3) is 0.500. The van der Waals surface area contributed by atoms with Crippen molar-refractivity contribution in [2.75, 3.05) is 0 Å². The number of hydrogen-bond donors (Lipinski definition) is 1. The highest BCUT2D eigenvalue weighted by atomic mass is 79.9. The first kappa shape index (κ1) is 18.5. The lowest BCUT2D eigenvalue weighted by Crippen LogP contribution is -2.34. The Morgan fingerprint density at radius 2 is 2.00 bits per heavy atom. The van der Waals surface area contributed by atoms with Crippen molar-refractivity contribution in [3.63, 3.8) is 0 Å². The second-order valence-electron chi connectivity index (χ2n) is 4.88. The Kier molecular flexibility index (Phi) is 6.69. The molecule has 0 aliphatic carbocycles. The van der Waals surface area contributed by atoms with Crippen LogP contribution in [0.2, 0.25) is 0 Å². The van der Waals surface area contributed by atoms with E-state index in [-0.39, 0.29) is 16.8 Å². The molecule has 118 valence electrons. The highest BCUT2D eigenvalue weighted by Gasteiger charge is 2.20. The minimum atomic E-state index is -3.88. The molecule has 0 spiro atoms. The second kappa shape index (κ2) is 7.61. The van der Waals surface area contributed by atoms with E-state index in [0.29, 0.717) is 15.6 Å². The van der Waals surface area contributed by atoms with Crippen molar-refractivity contribution < 1.29 is 13.2 Å². The van der Waals surface area contributed by atoms with Crippen molar-refractivity contribution in [2.24, 2.45) is 0 Å². The van der Waals surface area contributed by atoms with E-state index in [1.54, 1.807) is 6.92 Å². The molecule has 0 bridgehead atoms. The first-order valence-electron chi connectivity index (χ1n) is 6.76. The topological polar surface area (TPSA) is 63.2 Å². The fourth-order valence-corrected chi connectivity index (χ4v) is 3.42. The molecule has 0 aliphatic rings. The number of carbonyl (C=O) groups is 1. The quantitative estimate of drug-likeness (QED) is 0.739. The molecule has 0 aliphatic heterocycles. The number of hydrogen-bond acceptors (Lipinski definition) is 3. The second-order valence-corrected chi connectivity index (χ2v) is 8.30. The molecule has 1 amide bonds. The summed E-state index contributed by atoms with van der Waals surface area (Å²) in [5, 5.41) is 2.93. The van der Waals surface area contributed by atoms with Gasteiger partial charge in [-0.25, -0.2) is 8.42 Å². The molecule has 1 atom stereocenters. The Balaban J connectivity index is 3.17. The third-order valence-electron chi connectivity index (χ3n) is 3.31. The van der Waals surface area contributed by atoms with Crippen LogP contribution in [0, 0.1) is 6.92 Å². The Morgan fingerprint density at radius 1 is 1.38 bits per heavy atom. The first-order chi connectivity index (χ1) is 9.70. The zero-order valence-corrected chi connectivity index (χ0v) is 15.4. The van der Waals surface area contributed by atoms with Crippen molar-refractivity contribution >= 4 is 41.6 Å². The summed E-state index contributed by atoms with van der Waals surface area (Å²) in [7, 11) is 1.48. The van der Waals surface area contributed by atoms with Crippen LogP contribution in [0.3, 0.4) is 0 Å². The van der Waals surface area contributed by atoms with Crippen LogP contribution < -0.4 is 5.32 Å². The van der Waals surface area contributed by atoms with Gasteiger partial charge in [0, 0.05) is 26.8 Å². The highest BCUT2D eigenvalue weighted by Crippen LogP contribution is 2.27. The third-order valence-corrected chi connectivity index (χ3v) is 5.47. The molecule has 1 rings (SSSR count). The molecule has 0 fully saturated rings. The maximum absolute atomic E-state index is 12.4. The van der Waals surface area contributed by atoms with Gasteiger partial charge in [-0.2, -0.15) is 0 Å². The van der Waals surface area contributed by atoms with Gasteiger partial charge in [-0.15, -0.1) is 0 Å². The normalized spacial score (nSPS) is 13.0. The van der Waals surface area contributed by atoms with E-state index in [1.165, 1.54) is 12.1 Å². The van der Waals surface area contributed by atoms with Gasteiger partial charge < -0.3 is 5.32 Å². The maximum Gasteiger partial charge on any atom is 0.261 e. The smallest absolute Gasteiger partial charge is 0.261 e. The summed E-state index contributed by atoms with van der Waals surface area (Å²) in [6.07, 6.45) is 2.68. The number of rotatable bonds is 6. The van der Waals surface area contributed by atoms with Gasteiger partial charge in [0.2, 0.25) is 0 Å². The summed E-state index contributed by atoms with van der Waals surface area (Å²) in [5.41, 5.74) is 1.00. The first-order valence-corrected chi connectivity index (χ1v) is 9.86. The Labute approximate surface area is 138 Å². The van der Waals surface area contributed by atoms with E-state index in [1.807, 2.05) is 6.92 Å². The van der Waals surface area contributed by atoms with Crippen molar-refractivity contribution in [1.29, 1.82) is 0 Å². The third kappa shape index (κ3) is 4.97. The molecule has 1 unspecified atom stereocenters. The summed E-state index contributed by atoms with van der Waals surface area (Å²) in [6.45, 7) is 5.81. The molecule has 1 aromatic carbocycles. The molecule has 0 heterocycles. The van der Waals surface area contributed by atoms with Gasteiger partial charge in [0.05, 0.1) is 4.90 Å². The Bertz CT molecular complexity index is 631. The van der Waals surface area contributed by atoms with E-state index in [0.717, 1.165) is 19.3 Å². The monoisotopic (exact) mass is 395 g/mol. The molecule has 0 saturated heterocycles. The van der Waals surface area contributed by atoms with Gasteiger partial charge in [0.15, 0.2) is 0 Å². The van der Waals surface area contributed by atoms with Crippen LogP contribution in [0.5, 0.6) is 0 Å². The minimum Gasteiger partial charge on any atom is -0.349 e. The Hall–Kier alpha value is -0.590. The predicted octanol–water partition coefficient (Wildman–Crippen LogP) is 3.99. The summed E-state index contributed by atoms with van der Waals surface area (Å²) in [4.78, 5) is 12.3. The van der Waals surface area contributed by atoms with E-state index in [2.05, 4.69) is 28.2 Å². The van der Waals surface area contributed by atoms with Crippen LogP contribution >= 0.6 is 26.6 Å². The summed E-state index contributed by atoms with van der Waals surface area (Å²) in [6, 6.07) is 2.80. The molecular weight excluding hydrogens is 378 g/mol. The van der Waals surface area contributed by atoms with Crippen LogP contribution in [-0.2, 0) is 9.05 Å². The summed E-state index contributed by atoms with van der Waals surface area (Å²) >= 11 is 3.27. The number of benzene rings is 1. The van der Waals surface area contributed by atoms with E-state index in [4.69, 9.17) is 10.7 Å². The Morgan fingerprint density at radius 3 is 2.48 bits per heavy atom. The molecular formula is C14H19BrClNO3S. The maximum atomic E-state index is 12.4. The van der Waals surface area contributed by atoms with Crippen LogP contribution in [0.1, 0.15) is 49.0 Å². The average molecular weight is 397 g/mol. The molecule has 21 heavy (non-hydrogen) atoms. The molecule has 7 heteroatoms. The molecule has 0 radical (unpaired) electrons. The van der Waals surface area contributed by atoms with Crippen molar-refractivity contribution in [3.05, 3.63) is 27.7 Å². The number of amides is 1. The lowest BCUT2D eigenvalue weighted by Gasteiger charge is -2.17.